The molecule has 0 unspecified atom stereocenters. The van der Waals surface area contributed by atoms with Gasteiger partial charge in [0, 0.05) is 10.9 Å². The van der Waals surface area contributed by atoms with Crippen LogP contribution >= 0.6 is 0 Å². The van der Waals surface area contributed by atoms with Gasteiger partial charge in [0.15, 0.2) is 0 Å². The molecule has 2 heterocycles. The Balaban J connectivity index is 2.63. The SMILES string of the molecule is [B]c1ccc2c(/C=C\C)c(/C=C\C)n3c(C=C)c(/C=C\C=C)nc3c2c1. The van der Waals surface area contributed by atoms with Gasteiger partial charge in [0.1, 0.15) is 13.5 Å². The van der Waals surface area contributed by atoms with Crippen LogP contribution in [-0.2, 0) is 0 Å². The quantitative estimate of drug-likeness (QED) is 0.463. The van der Waals surface area contributed by atoms with Crippen LogP contribution in [0.3, 0.4) is 0 Å². The molecule has 0 saturated heterocycles. The van der Waals surface area contributed by atoms with Crippen molar-refractivity contribution >= 4 is 54.0 Å². The summed E-state index contributed by atoms with van der Waals surface area (Å²) >= 11 is 0. The van der Waals surface area contributed by atoms with Crippen molar-refractivity contribution in [2.24, 2.45) is 0 Å². The number of aromatic nitrogens is 2. The highest BCUT2D eigenvalue weighted by molar-refractivity contribution is 6.33. The fourth-order valence-electron chi connectivity index (χ4n) is 3.26. The first-order chi connectivity index (χ1) is 12.7. The molecule has 2 nitrogen and oxygen atoms in total. The van der Waals surface area contributed by atoms with Crippen molar-refractivity contribution in [3.8, 4) is 0 Å². The first-order valence-corrected chi connectivity index (χ1v) is 8.60. The normalized spacial score (nSPS) is 12.2. The summed E-state index contributed by atoms with van der Waals surface area (Å²) in [5, 5.41) is 2.14. The van der Waals surface area contributed by atoms with Gasteiger partial charge in [0.25, 0.3) is 0 Å². The fraction of sp³-hybridized carbons (Fsp3) is 0.0870. The average molecular weight is 336 g/mol. The van der Waals surface area contributed by atoms with E-state index >= 15 is 0 Å². The van der Waals surface area contributed by atoms with Gasteiger partial charge in [-0.3, -0.25) is 4.40 Å². The molecule has 26 heavy (non-hydrogen) atoms. The lowest BCUT2D eigenvalue weighted by Crippen LogP contribution is -2.04. The Morgan fingerprint density at radius 2 is 1.77 bits per heavy atom. The molecule has 0 N–H and O–H groups in total. The van der Waals surface area contributed by atoms with E-state index in [4.69, 9.17) is 12.8 Å². The Kier molecular flexibility index (Phi) is 5.08. The molecular formula is C23H21BN2. The highest BCUT2D eigenvalue weighted by Crippen LogP contribution is 2.31. The van der Waals surface area contributed by atoms with Crippen LogP contribution in [0.2, 0.25) is 0 Å². The van der Waals surface area contributed by atoms with Crippen molar-refractivity contribution < 1.29 is 0 Å². The summed E-state index contributed by atoms with van der Waals surface area (Å²) in [5.41, 5.74) is 5.59. The lowest BCUT2D eigenvalue weighted by Gasteiger charge is -2.13. The van der Waals surface area contributed by atoms with Crippen LogP contribution in [0.5, 0.6) is 0 Å². The van der Waals surface area contributed by atoms with Crippen molar-refractivity contribution in [3.05, 3.63) is 78.3 Å². The molecule has 0 aliphatic carbocycles. The number of benzene rings is 1. The van der Waals surface area contributed by atoms with E-state index in [1.807, 2.05) is 56.4 Å². The van der Waals surface area contributed by atoms with E-state index in [2.05, 4.69) is 35.8 Å². The summed E-state index contributed by atoms with van der Waals surface area (Å²) in [6, 6.07) is 5.98. The standard InChI is InChI=1S/C23H21BN2/c1-5-9-12-20-21(8-4)26-22(11-7-3)18(10-6-2)17-14-13-16(24)15-19(17)23(26)25-20/h5-15H,1,4H2,2-3H3/b10-6-,11-7-,12-9-. The maximum absolute atomic E-state index is 6.08. The smallest absolute Gasteiger partial charge is 0.146 e. The van der Waals surface area contributed by atoms with Gasteiger partial charge in [-0.2, -0.15) is 0 Å². The molecule has 0 aliphatic heterocycles. The molecule has 0 aliphatic rings. The molecule has 2 radical (unpaired) electrons. The minimum absolute atomic E-state index is 0.718. The molecular weight excluding hydrogens is 315 g/mol. The summed E-state index contributed by atoms with van der Waals surface area (Å²) in [6.07, 6.45) is 15.7. The molecule has 0 fully saturated rings. The van der Waals surface area contributed by atoms with Crippen molar-refractivity contribution in [3.63, 3.8) is 0 Å². The van der Waals surface area contributed by atoms with Crippen LogP contribution in [0.4, 0.5) is 0 Å². The largest absolute Gasteiger partial charge is 0.292 e. The molecule has 0 amide bonds. The Bertz CT molecular complexity index is 1090. The molecule has 2 aromatic heterocycles. The van der Waals surface area contributed by atoms with Crippen molar-refractivity contribution in [1.29, 1.82) is 0 Å². The number of allylic oxidation sites excluding steroid dienone is 4. The van der Waals surface area contributed by atoms with E-state index in [1.165, 1.54) is 0 Å². The zero-order chi connectivity index (χ0) is 18.7. The second-order valence-corrected chi connectivity index (χ2v) is 5.94. The van der Waals surface area contributed by atoms with Gasteiger partial charge in [-0.05, 0) is 37.5 Å². The highest BCUT2D eigenvalue weighted by atomic mass is 15.0. The Morgan fingerprint density at radius 1 is 1.00 bits per heavy atom. The van der Waals surface area contributed by atoms with Crippen molar-refractivity contribution in [1.82, 2.24) is 9.38 Å². The Hall–Kier alpha value is -3.07. The van der Waals surface area contributed by atoms with E-state index < -0.39 is 0 Å². The van der Waals surface area contributed by atoms with Gasteiger partial charge in [-0.1, -0.05) is 67.2 Å². The van der Waals surface area contributed by atoms with Gasteiger partial charge < -0.3 is 0 Å². The third-order valence-corrected chi connectivity index (χ3v) is 4.27. The number of pyridine rings is 1. The van der Waals surface area contributed by atoms with Crippen LogP contribution in [-0.4, -0.2) is 17.2 Å². The minimum Gasteiger partial charge on any atom is -0.292 e. The molecule has 0 atom stereocenters. The average Bonchev–Trinajstić information content (AvgIpc) is 3.01. The molecule has 3 heteroatoms. The van der Waals surface area contributed by atoms with Gasteiger partial charge in [-0.15, -0.1) is 0 Å². The Morgan fingerprint density at radius 3 is 2.42 bits per heavy atom. The maximum atomic E-state index is 6.08. The summed E-state index contributed by atoms with van der Waals surface area (Å²) in [6.45, 7) is 11.8. The third kappa shape index (κ3) is 2.86. The van der Waals surface area contributed by atoms with Gasteiger partial charge in [0.2, 0.25) is 0 Å². The molecule has 0 spiro atoms. The van der Waals surface area contributed by atoms with Crippen LogP contribution < -0.4 is 5.46 Å². The van der Waals surface area contributed by atoms with E-state index in [9.17, 15) is 0 Å². The molecule has 3 rings (SSSR count). The second-order valence-electron chi connectivity index (χ2n) is 5.94. The number of imidazole rings is 1. The molecule has 1 aromatic carbocycles. The van der Waals surface area contributed by atoms with E-state index in [1.54, 1.807) is 6.08 Å². The lowest BCUT2D eigenvalue weighted by molar-refractivity contribution is 1.15. The highest BCUT2D eigenvalue weighted by Gasteiger charge is 2.17. The van der Waals surface area contributed by atoms with Crippen LogP contribution in [0.1, 0.15) is 36.5 Å². The van der Waals surface area contributed by atoms with Gasteiger partial charge in [-0.25, -0.2) is 4.98 Å². The number of hydrogen-bond donors (Lipinski definition) is 0. The van der Waals surface area contributed by atoms with Crippen LogP contribution in [0.15, 0.2) is 55.7 Å². The number of fused-ring (bicyclic) bond motifs is 3. The summed E-state index contributed by atoms with van der Waals surface area (Å²) < 4.78 is 2.15. The molecule has 0 saturated carbocycles. The van der Waals surface area contributed by atoms with E-state index in [0.29, 0.717) is 0 Å². The number of hydrogen-bond acceptors (Lipinski definition) is 1. The summed E-state index contributed by atoms with van der Waals surface area (Å²) in [5.74, 6) is 0. The first-order valence-electron chi connectivity index (χ1n) is 8.60. The number of rotatable bonds is 5. The molecule has 3 aromatic rings. The first kappa shape index (κ1) is 17.7. The fourth-order valence-corrected chi connectivity index (χ4v) is 3.26. The zero-order valence-electron chi connectivity index (χ0n) is 15.2. The van der Waals surface area contributed by atoms with Crippen molar-refractivity contribution in [2.75, 3.05) is 0 Å². The van der Waals surface area contributed by atoms with Gasteiger partial charge in [0.05, 0.1) is 17.1 Å². The predicted octanol–water partition coefficient (Wildman–Crippen LogP) is 5.19. The predicted molar refractivity (Wildman–Crippen MR) is 117 cm³/mol. The number of nitrogens with zero attached hydrogens (tertiary/aromatic N) is 2. The minimum atomic E-state index is 0.718. The zero-order valence-corrected chi connectivity index (χ0v) is 15.2. The monoisotopic (exact) mass is 336 g/mol. The third-order valence-electron chi connectivity index (χ3n) is 4.27. The van der Waals surface area contributed by atoms with Crippen molar-refractivity contribution in [2.45, 2.75) is 13.8 Å². The van der Waals surface area contributed by atoms with Crippen LogP contribution in [0.25, 0.3) is 40.7 Å². The second kappa shape index (κ2) is 7.44. The molecule has 126 valence electrons. The molecule has 0 bridgehead atoms. The van der Waals surface area contributed by atoms with E-state index in [0.717, 1.165) is 44.5 Å². The Labute approximate surface area is 156 Å². The lowest BCUT2D eigenvalue weighted by atomic mass is 9.92. The maximum Gasteiger partial charge on any atom is 0.146 e. The summed E-state index contributed by atoms with van der Waals surface area (Å²) in [4.78, 5) is 4.88. The van der Waals surface area contributed by atoms with Crippen LogP contribution in [0, 0.1) is 0 Å². The van der Waals surface area contributed by atoms with Gasteiger partial charge >= 0.3 is 0 Å². The summed E-state index contributed by atoms with van der Waals surface area (Å²) in [7, 11) is 6.08. The van der Waals surface area contributed by atoms with E-state index in [-0.39, 0.29) is 0 Å². The topological polar surface area (TPSA) is 17.3 Å².